The van der Waals surface area contributed by atoms with Crippen molar-refractivity contribution < 1.29 is 4.79 Å². The van der Waals surface area contributed by atoms with E-state index in [1.807, 2.05) is 12.1 Å². The highest BCUT2D eigenvalue weighted by molar-refractivity contribution is 5.93. The number of amides is 1. The van der Waals surface area contributed by atoms with Crippen molar-refractivity contribution in [3.05, 3.63) is 70.3 Å². The predicted octanol–water partition coefficient (Wildman–Crippen LogP) is 5.73. The summed E-state index contributed by atoms with van der Waals surface area (Å²) in [4.78, 5) is 11.8. The lowest BCUT2D eigenvalue weighted by Crippen LogP contribution is -2.18. The number of rotatable bonds is 4. The number of hydrogen-bond acceptors (Lipinski definition) is 1. The zero-order valence-electron chi connectivity index (χ0n) is 17.3. The Hall–Kier alpha value is -2.09. The molecule has 0 spiro atoms. The molecule has 0 aliphatic carbocycles. The van der Waals surface area contributed by atoms with Gasteiger partial charge in [0.2, 0.25) is 5.91 Å². The van der Waals surface area contributed by atoms with E-state index in [1.165, 1.54) is 16.7 Å². The molecule has 1 unspecified atom stereocenters. The van der Waals surface area contributed by atoms with E-state index < -0.39 is 0 Å². The fraction of sp³-hybridized carbons (Fsp3) is 0.458. The van der Waals surface area contributed by atoms with E-state index in [1.54, 1.807) is 0 Å². The number of carbonyl (C=O) groups is 1. The van der Waals surface area contributed by atoms with Crippen molar-refractivity contribution >= 4 is 5.91 Å². The summed E-state index contributed by atoms with van der Waals surface area (Å²) in [7, 11) is 0. The van der Waals surface area contributed by atoms with Gasteiger partial charge in [-0.2, -0.15) is 0 Å². The van der Waals surface area contributed by atoms with Crippen LogP contribution >= 0.6 is 0 Å². The third-order valence-corrected chi connectivity index (χ3v) is 4.98. The lowest BCUT2D eigenvalue weighted by Gasteiger charge is -2.26. The van der Waals surface area contributed by atoms with Gasteiger partial charge >= 0.3 is 0 Å². The SMILES string of the molecule is CC(Cc1cc(C(N)=O)cc(C(C)(C)C)c1)c1ccccc1C(C)(C)C. The van der Waals surface area contributed by atoms with Crippen LogP contribution in [0.25, 0.3) is 0 Å². The molecule has 1 amide bonds. The Labute approximate surface area is 158 Å². The molecule has 0 fully saturated rings. The lowest BCUT2D eigenvalue weighted by atomic mass is 9.78. The van der Waals surface area contributed by atoms with Crippen molar-refractivity contribution in [2.75, 3.05) is 0 Å². The Balaban J connectivity index is 2.43. The molecule has 140 valence electrons. The molecule has 2 N–H and O–H groups in total. The van der Waals surface area contributed by atoms with E-state index >= 15 is 0 Å². The van der Waals surface area contributed by atoms with Crippen molar-refractivity contribution in [2.45, 2.75) is 71.6 Å². The fourth-order valence-electron chi connectivity index (χ4n) is 3.46. The minimum absolute atomic E-state index is 0.0211. The molecule has 2 aromatic carbocycles. The maximum Gasteiger partial charge on any atom is 0.248 e. The summed E-state index contributed by atoms with van der Waals surface area (Å²) in [5, 5.41) is 0. The van der Waals surface area contributed by atoms with E-state index in [0.717, 1.165) is 12.0 Å². The van der Waals surface area contributed by atoms with Crippen molar-refractivity contribution in [1.82, 2.24) is 0 Å². The van der Waals surface area contributed by atoms with Gasteiger partial charge in [-0.1, -0.05) is 78.8 Å². The van der Waals surface area contributed by atoms with Crippen LogP contribution in [0.1, 0.15) is 87.0 Å². The van der Waals surface area contributed by atoms with E-state index in [9.17, 15) is 4.79 Å². The molecule has 26 heavy (non-hydrogen) atoms. The quantitative estimate of drug-likeness (QED) is 0.751. The van der Waals surface area contributed by atoms with E-state index in [2.05, 4.69) is 78.8 Å². The molecule has 2 heteroatoms. The van der Waals surface area contributed by atoms with Crippen LogP contribution in [0.4, 0.5) is 0 Å². The Kier molecular flexibility index (Phi) is 5.65. The second kappa shape index (κ2) is 7.26. The van der Waals surface area contributed by atoms with Gasteiger partial charge in [0, 0.05) is 5.56 Å². The first kappa shape index (κ1) is 20.2. The Bertz CT molecular complexity index is 791. The summed E-state index contributed by atoms with van der Waals surface area (Å²) in [6.45, 7) is 15.5. The average Bonchev–Trinajstić information content (AvgIpc) is 2.52. The average molecular weight is 352 g/mol. The third kappa shape index (κ3) is 4.75. The van der Waals surface area contributed by atoms with Crippen LogP contribution in [0, 0.1) is 0 Å². The lowest BCUT2D eigenvalue weighted by molar-refractivity contribution is 0.1000. The molecule has 0 saturated carbocycles. The topological polar surface area (TPSA) is 43.1 Å². The third-order valence-electron chi connectivity index (χ3n) is 4.98. The number of benzene rings is 2. The van der Waals surface area contributed by atoms with E-state index in [0.29, 0.717) is 11.5 Å². The van der Waals surface area contributed by atoms with Crippen molar-refractivity contribution in [1.29, 1.82) is 0 Å². The molecule has 0 saturated heterocycles. The van der Waals surface area contributed by atoms with Crippen LogP contribution in [0.2, 0.25) is 0 Å². The van der Waals surface area contributed by atoms with Gasteiger partial charge in [-0.15, -0.1) is 0 Å². The normalized spacial score (nSPS) is 13.5. The minimum atomic E-state index is -0.361. The molecule has 2 rings (SSSR count). The predicted molar refractivity (Wildman–Crippen MR) is 111 cm³/mol. The van der Waals surface area contributed by atoms with Gasteiger partial charge in [0.15, 0.2) is 0 Å². The minimum Gasteiger partial charge on any atom is -0.366 e. The summed E-state index contributed by atoms with van der Waals surface area (Å²) < 4.78 is 0. The van der Waals surface area contributed by atoms with Crippen molar-refractivity contribution in [3.63, 3.8) is 0 Å². The molecule has 0 aliphatic heterocycles. The molecule has 0 radical (unpaired) electrons. The van der Waals surface area contributed by atoms with Gasteiger partial charge in [-0.3, -0.25) is 4.79 Å². The Morgan fingerprint density at radius 1 is 0.962 bits per heavy atom. The molecule has 0 aliphatic rings. The standard InChI is InChI=1S/C24H33NO/c1-16(20-10-8-9-11-21(20)24(5,6)7)12-17-13-18(22(25)26)15-19(14-17)23(2,3)4/h8-11,13-16H,12H2,1-7H3,(H2,25,26). The van der Waals surface area contributed by atoms with Crippen LogP contribution in [-0.4, -0.2) is 5.91 Å². The molecular weight excluding hydrogens is 318 g/mol. The highest BCUT2D eigenvalue weighted by Gasteiger charge is 2.22. The second-order valence-electron chi connectivity index (χ2n) is 9.48. The first-order valence-corrected chi connectivity index (χ1v) is 9.43. The summed E-state index contributed by atoms with van der Waals surface area (Å²) in [5.74, 6) is 0.00136. The number of primary amides is 1. The Morgan fingerprint density at radius 2 is 1.58 bits per heavy atom. The first-order valence-electron chi connectivity index (χ1n) is 9.43. The summed E-state index contributed by atoms with van der Waals surface area (Å²) in [6, 6.07) is 14.8. The van der Waals surface area contributed by atoms with Gasteiger partial charge in [0.05, 0.1) is 0 Å². The smallest absolute Gasteiger partial charge is 0.248 e. The summed E-state index contributed by atoms with van der Waals surface area (Å²) in [5.41, 5.74) is 11.3. The zero-order valence-corrected chi connectivity index (χ0v) is 17.3. The number of hydrogen-bond donors (Lipinski definition) is 1. The van der Waals surface area contributed by atoms with Crippen LogP contribution in [0.15, 0.2) is 42.5 Å². The Morgan fingerprint density at radius 3 is 2.12 bits per heavy atom. The van der Waals surface area contributed by atoms with Gasteiger partial charge < -0.3 is 5.73 Å². The van der Waals surface area contributed by atoms with Crippen LogP contribution in [-0.2, 0) is 17.3 Å². The largest absolute Gasteiger partial charge is 0.366 e. The van der Waals surface area contributed by atoms with Crippen molar-refractivity contribution in [3.8, 4) is 0 Å². The second-order valence-corrected chi connectivity index (χ2v) is 9.48. The molecule has 2 aromatic rings. The maximum absolute atomic E-state index is 11.8. The first-order chi connectivity index (χ1) is 11.9. The monoisotopic (exact) mass is 351 g/mol. The molecule has 0 bridgehead atoms. The van der Waals surface area contributed by atoms with Crippen LogP contribution in [0.5, 0.6) is 0 Å². The molecule has 0 heterocycles. The fourth-order valence-corrected chi connectivity index (χ4v) is 3.46. The highest BCUT2D eigenvalue weighted by Crippen LogP contribution is 2.33. The zero-order chi connectivity index (χ0) is 19.7. The molecule has 0 aromatic heterocycles. The van der Waals surface area contributed by atoms with Gasteiger partial charge in [-0.25, -0.2) is 0 Å². The summed E-state index contributed by atoms with van der Waals surface area (Å²) in [6.07, 6.45) is 0.886. The number of carbonyl (C=O) groups excluding carboxylic acids is 1. The van der Waals surface area contributed by atoms with E-state index in [4.69, 9.17) is 5.73 Å². The maximum atomic E-state index is 11.8. The van der Waals surface area contributed by atoms with Crippen molar-refractivity contribution in [2.24, 2.45) is 5.73 Å². The van der Waals surface area contributed by atoms with Gasteiger partial charge in [0.1, 0.15) is 0 Å². The van der Waals surface area contributed by atoms with E-state index in [-0.39, 0.29) is 16.7 Å². The van der Waals surface area contributed by atoms with Gasteiger partial charge in [0.25, 0.3) is 0 Å². The number of nitrogens with two attached hydrogens (primary N) is 1. The summed E-state index contributed by atoms with van der Waals surface area (Å²) >= 11 is 0. The van der Waals surface area contributed by atoms with Gasteiger partial charge in [-0.05, 0) is 57.6 Å². The molecule has 1 atom stereocenters. The van der Waals surface area contributed by atoms with Crippen LogP contribution in [0.3, 0.4) is 0 Å². The molecule has 2 nitrogen and oxygen atoms in total. The highest BCUT2D eigenvalue weighted by atomic mass is 16.1. The molecular formula is C24H33NO. The van der Waals surface area contributed by atoms with Crippen LogP contribution < -0.4 is 5.73 Å².